The van der Waals surface area contributed by atoms with Crippen molar-refractivity contribution < 1.29 is 23.8 Å². The summed E-state index contributed by atoms with van der Waals surface area (Å²) in [7, 11) is 1.66. The summed E-state index contributed by atoms with van der Waals surface area (Å²) >= 11 is 0. The molecule has 2 unspecified atom stereocenters. The standard InChI is InChI=1S/C25H34O5/c1-5-23(2,3)21(26)30-25-13-18-10-19(14-25)12-24(11-18,16-25)22(27)29-20-8-6-17(7-9-20)15-28-4/h6-9,18-19H,5,10-16H2,1-4H3. The quantitative estimate of drug-likeness (QED) is 0.461. The number of esters is 2. The minimum atomic E-state index is -0.536. The number of ether oxygens (including phenoxy) is 3. The number of carbonyl (C=O) groups is 2. The Morgan fingerprint density at radius 3 is 2.27 bits per heavy atom. The molecule has 5 heteroatoms. The van der Waals surface area contributed by atoms with Gasteiger partial charge in [0.25, 0.3) is 0 Å². The second-order valence-electron chi connectivity index (χ2n) is 10.5. The van der Waals surface area contributed by atoms with Gasteiger partial charge in [-0.05, 0) is 81.9 Å². The van der Waals surface area contributed by atoms with Gasteiger partial charge < -0.3 is 14.2 Å². The van der Waals surface area contributed by atoms with E-state index in [1.165, 1.54) is 0 Å². The number of carbonyl (C=O) groups excluding carboxylic acids is 2. The van der Waals surface area contributed by atoms with E-state index in [1.54, 1.807) is 7.11 Å². The Balaban J connectivity index is 1.52. The van der Waals surface area contributed by atoms with Crippen LogP contribution in [0.3, 0.4) is 0 Å². The first kappa shape index (κ1) is 21.4. The molecule has 0 aliphatic heterocycles. The summed E-state index contributed by atoms with van der Waals surface area (Å²) in [5.74, 6) is 1.13. The highest BCUT2D eigenvalue weighted by atomic mass is 16.6. The zero-order valence-electron chi connectivity index (χ0n) is 18.7. The molecule has 1 aromatic carbocycles. The van der Waals surface area contributed by atoms with Crippen molar-refractivity contribution in [1.29, 1.82) is 0 Å². The molecule has 4 aliphatic rings. The highest BCUT2D eigenvalue weighted by Crippen LogP contribution is 2.63. The van der Waals surface area contributed by atoms with Crippen LogP contribution in [0, 0.1) is 22.7 Å². The molecule has 4 bridgehead atoms. The van der Waals surface area contributed by atoms with Gasteiger partial charge in [0.15, 0.2) is 0 Å². The van der Waals surface area contributed by atoms with Gasteiger partial charge in [0.1, 0.15) is 11.4 Å². The SMILES string of the molecule is CCC(C)(C)C(=O)OC12CC3CC(C1)CC(C(=O)Oc1ccc(COC)cc1)(C3)C2. The Hall–Kier alpha value is -1.88. The summed E-state index contributed by atoms with van der Waals surface area (Å²) in [4.78, 5) is 26.3. The molecule has 164 valence electrons. The second kappa shape index (κ2) is 7.67. The molecule has 0 aromatic heterocycles. The van der Waals surface area contributed by atoms with E-state index in [2.05, 4.69) is 0 Å². The highest BCUT2D eigenvalue weighted by Gasteiger charge is 2.63. The fourth-order valence-electron chi connectivity index (χ4n) is 6.05. The first-order valence-electron chi connectivity index (χ1n) is 11.2. The van der Waals surface area contributed by atoms with Crippen LogP contribution in [0.4, 0.5) is 0 Å². The largest absolute Gasteiger partial charge is 0.459 e. The van der Waals surface area contributed by atoms with E-state index in [4.69, 9.17) is 14.2 Å². The van der Waals surface area contributed by atoms with Gasteiger partial charge in [0.05, 0.1) is 17.4 Å². The third-order valence-corrected chi connectivity index (χ3v) is 7.63. The molecule has 0 saturated heterocycles. The monoisotopic (exact) mass is 414 g/mol. The van der Waals surface area contributed by atoms with Crippen molar-refractivity contribution >= 4 is 11.9 Å². The third kappa shape index (κ3) is 3.89. The molecule has 2 atom stereocenters. The van der Waals surface area contributed by atoms with Gasteiger partial charge in [-0.1, -0.05) is 19.1 Å². The van der Waals surface area contributed by atoms with E-state index in [1.807, 2.05) is 45.0 Å². The Kier molecular flexibility index (Phi) is 5.46. The summed E-state index contributed by atoms with van der Waals surface area (Å²) in [6.07, 6.45) is 5.93. The maximum Gasteiger partial charge on any atom is 0.317 e. The van der Waals surface area contributed by atoms with Gasteiger partial charge in [-0.3, -0.25) is 9.59 Å². The van der Waals surface area contributed by atoms with Crippen molar-refractivity contribution in [3.05, 3.63) is 29.8 Å². The van der Waals surface area contributed by atoms with Gasteiger partial charge in [-0.15, -0.1) is 0 Å². The van der Waals surface area contributed by atoms with Crippen LogP contribution in [-0.4, -0.2) is 24.6 Å². The summed E-state index contributed by atoms with van der Waals surface area (Å²) in [6, 6.07) is 7.49. The van der Waals surface area contributed by atoms with Crippen LogP contribution >= 0.6 is 0 Å². The summed E-state index contributed by atoms with van der Waals surface area (Å²) in [5.41, 5.74) is -0.501. The fourth-order valence-corrected chi connectivity index (χ4v) is 6.05. The van der Waals surface area contributed by atoms with Gasteiger partial charge in [0.2, 0.25) is 0 Å². The van der Waals surface area contributed by atoms with E-state index in [0.29, 0.717) is 30.6 Å². The lowest BCUT2D eigenvalue weighted by Gasteiger charge is -2.60. The van der Waals surface area contributed by atoms with E-state index < -0.39 is 16.4 Å². The number of methoxy groups -OCH3 is 1. The van der Waals surface area contributed by atoms with Crippen molar-refractivity contribution in [3.63, 3.8) is 0 Å². The normalized spacial score (nSPS) is 32.1. The average Bonchev–Trinajstić information content (AvgIpc) is 2.68. The summed E-state index contributed by atoms with van der Waals surface area (Å²) in [6.45, 7) is 6.42. The van der Waals surface area contributed by atoms with E-state index >= 15 is 0 Å². The van der Waals surface area contributed by atoms with Crippen molar-refractivity contribution in [1.82, 2.24) is 0 Å². The highest BCUT2D eigenvalue weighted by molar-refractivity contribution is 5.81. The van der Waals surface area contributed by atoms with Crippen LogP contribution in [0.1, 0.15) is 71.3 Å². The third-order valence-electron chi connectivity index (χ3n) is 7.63. The summed E-state index contributed by atoms with van der Waals surface area (Å²) in [5, 5.41) is 0. The first-order valence-corrected chi connectivity index (χ1v) is 11.2. The molecule has 1 aromatic rings. The Morgan fingerprint density at radius 2 is 1.70 bits per heavy atom. The molecular weight excluding hydrogens is 380 g/mol. The molecule has 0 radical (unpaired) electrons. The second-order valence-corrected chi connectivity index (χ2v) is 10.5. The maximum absolute atomic E-state index is 13.4. The van der Waals surface area contributed by atoms with Crippen LogP contribution in [-0.2, 0) is 25.7 Å². The van der Waals surface area contributed by atoms with Crippen molar-refractivity contribution in [2.75, 3.05) is 7.11 Å². The van der Waals surface area contributed by atoms with Crippen molar-refractivity contribution in [3.8, 4) is 5.75 Å². The summed E-state index contributed by atoms with van der Waals surface area (Å²) < 4.78 is 17.2. The fraction of sp³-hybridized carbons (Fsp3) is 0.680. The predicted octanol–water partition coefficient (Wildman–Crippen LogP) is 5.06. The van der Waals surface area contributed by atoms with E-state index in [9.17, 15) is 9.59 Å². The molecule has 0 N–H and O–H groups in total. The smallest absolute Gasteiger partial charge is 0.317 e. The minimum Gasteiger partial charge on any atom is -0.459 e. The lowest BCUT2D eigenvalue weighted by atomic mass is 9.48. The average molecular weight is 415 g/mol. The molecular formula is C25H34O5. The van der Waals surface area contributed by atoms with Crippen LogP contribution in [0.25, 0.3) is 0 Å². The van der Waals surface area contributed by atoms with E-state index in [0.717, 1.165) is 44.1 Å². The lowest BCUT2D eigenvalue weighted by Crippen LogP contribution is -2.61. The van der Waals surface area contributed by atoms with E-state index in [-0.39, 0.29) is 11.9 Å². The molecule has 4 aliphatic carbocycles. The van der Waals surface area contributed by atoms with Gasteiger partial charge in [-0.25, -0.2) is 0 Å². The van der Waals surface area contributed by atoms with Crippen LogP contribution in [0.15, 0.2) is 24.3 Å². The number of hydrogen-bond acceptors (Lipinski definition) is 5. The zero-order chi connectivity index (χ0) is 21.6. The topological polar surface area (TPSA) is 61.8 Å². The predicted molar refractivity (Wildman–Crippen MR) is 113 cm³/mol. The molecule has 4 saturated carbocycles. The zero-order valence-corrected chi connectivity index (χ0v) is 18.7. The Labute approximate surface area is 179 Å². The number of benzene rings is 1. The number of hydrogen-bond donors (Lipinski definition) is 0. The molecule has 0 spiro atoms. The first-order chi connectivity index (χ1) is 14.2. The van der Waals surface area contributed by atoms with Crippen LogP contribution in [0.5, 0.6) is 5.75 Å². The van der Waals surface area contributed by atoms with Crippen molar-refractivity contribution in [2.45, 2.75) is 77.9 Å². The van der Waals surface area contributed by atoms with Crippen molar-refractivity contribution in [2.24, 2.45) is 22.7 Å². The van der Waals surface area contributed by atoms with Gasteiger partial charge in [-0.2, -0.15) is 0 Å². The molecule has 0 amide bonds. The molecule has 5 rings (SSSR count). The van der Waals surface area contributed by atoms with Crippen LogP contribution in [0.2, 0.25) is 0 Å². The van der Waals surface area contributed by atoms with Crippen LogP contribution < -0.4 is 4.74 Å². The molecule has 4 fully saturated rings. The molecule has 0 heterocycles. The maximum atomic E-state index is 13.4. The lowest BCUT2D eigenvalue weighted by molar-refractivity contribution is -0.214. The minimum absolute atomic E-state index is 0.135. The Morgan fingerprint density at radius 1 is 1.07 bits per heavy atom. The Bertz CT molecular complexity index is 795. The molecule has 5 nitrogen and oxygen atoms in total. The number of rotatable bonds is 7. The molecule has 30 heavy (non-hydrogen) atoms. The van der Waals surface area contributed by atoms with Gasteiger partial charge in [0, 0.05) is 13.5 Å². The van der Waals surface area contributed by atoms with Gasteiger partial charge >= 0.3 is 11.9 Å².